The molecule has 7 heteroatoms. The standard InChI is InChI=1S/C26H30N2O5/c1-32-25-4-2-3-20(15-25)16-26(31)28-21-7-5-19(6-8-21)13-14-27-17-23(30)18-33-24-11-9-22(29)10-12-24/h2-12,15,23,27,29-30H,13-14,16-18H2,1H3,(H,28,31)/t23-/m0/s1. The Morgan fingerprint density at radius 2 is 1.73 bits per heavy atom. The lowest BCUT2D eigenvalue weighted by Gasteiger charge is -2.13. The fraction of sp³-hybridized carbons (Fsp3) is 0.269. The van der Waals surface area contributed by atoms with Crippen molar-refractivity contribution in [2.45, 2.75) is 18.9 Å². The van der Waals surface area contributed by atoms with Gasteiger partial charge < -0.3 is 30.3 Å². The Bertz CT molecular complexity index is 1010. The molecular formula is C26H30N2O5. The zero-order valence-electron chi connectivity index (χ0n) is 18.7. The molecule has 7 nitrogen and oxygen atoms in total. The predicted octanol–water partition coefficient (Wildman–Crippen LogP) is 3.15. The van der Waals surface area contributed by atoms with Crippen molar-refractivity contribution in [3.8, 4) is 17.2 Å². The molecule has 0 fully saturated rings. The van der Waals surface area contributed by atoms with Crippen molar-refractivity contribution >= 4 is 11.6 Å². The summed E-state index contributed by atoms with van der Waals surface area (Å²) in [6.45, 7) is 1.29. The van der Waals surface area contributed by atoms with Gasteiger partial charge in [-0.1, -0.05) is 24.3 Å². The number of nitrogens with one attached hydrogen (secondary N) is 2. The molecular weight excluding hydrogens is 420 g/mol. The summed E-state index contributed by atoms with van der Waals surface area (Å²) in [6, 6.07) is 21.6. The van der Waals surface area contributed by atoms with E-state index < -0.39 is 6.10 Å². The van der Waals surface area contributed by atoms with E-state index in [-0.39, 0.29) is 24.7 Å². The molecule has 3 aromatic rings. The van der Waals surface area contributed by atoms with Gasteiger partial charge in [0.05, 0.1) is 13.5 Å². The topological polar surface area (TPSA) is 100 Å². The Labute approximate surface area is 194 Å². The van der Waals surface area contributed by atoms with Crippen molar-refractivity contribution in [2.75, 3.05) is 32.1 Å². The van der Waals surface area contributed by atoms with Gasteiger partial charge in [-0.25, -0.2) is 0 Å². The van der Waals surface area contributed by atoms with Crippen LogP contribution in [0.3, 0.4) is 0 Å². The monoisotopic (exact) mass is 450 g/mol. The highest BCUT2D eigenvalue weighted by Gasteiger charge is 2.07. The highest BCUT2D eigenvalue weighted by molar-refractivity contribution is 5.92. The van der Waals surface area contributed by atoms with Crippen LogP contribution in [0, 0.1) is 0 Å². The smallest absolute Gasteiger partial charge is 0.228 e. The van der Waals surface area contributed by atoms with Crippen LogP contribution in [0.25, 0.3) is 0 Å². The number of phenols is 1. The number of hydrogen-bond acceptors (Lipinski definition) is 6. The Hall–Kier alpha value is -3.55. The van der Waals surface area contributed by atoms with Crippen LogP contribution < -0.4 is 20.1 Å². The van der Waals surface area contributed by atoms with Gasteiger partial charge in [0.15, 0.2) is 0 Å². The number of ether oxygens (including phenoxy) is 2. The van der Waals surface area contributed by atoms with Crippen molar-refractivity contribution < 1.29 is 24.5 Å². The van der Waals surface area contributed by atoms with Crippen LogP contribution in [-0.4, -0.2) is 49.0 Å². The van der Waals surface area contributed by atoms with Gasteiger partial charge in [-0.2, -0.15) is 0 Å². The molecule has 0 radical (unpaired) electrons. The van der Waals surface area contributed by atoms with Gasteiger partial charge in [-0.15, -0.1) is 0 Å². The quantitative estimate of drug-likeness (QED) is 0.316. The van der Waals surface area contributed by atoms with Crippen LogP contribution in [-0.2, 0) is 17.6 Å². The summed E-state index contributed by atoms with van der Waals surface area (Å²) < 4.78 is 10.7. The Balaban J connectivity index is 1.33. The summed E-state index contributed by atoms with van der Waals surface area (Å²) >= 11 is 0. The first-order valence-corrected chi connectivity index (χ1v) is 10.8. The van der Waals surface area contributed by atoms with Crippen LogP contribution in [0.15, 0.2) is 72.8 Å². The number of aliphatic hydroxyl groups excluding tert-OH is 1. The van der Waals surface area contributed by atoms with Crippen molar-refractivity contribution in [1.29, 1.82) is 0 Å². The second-order valence-corrected chi connectivity index (χ2v) is 7.69. The summed E-state index contributed by atoms with van der Waals surface area (Å²) in [4.78, 5) is 12.3. The number of methoxy groups -OCH3 is 1. The molecule has 1 amide bonds. The van der Waals surface area contributed by atoms with Crippen molar-refractivity contribution in [2.24, 2.45) is 0 Å². The van der Waals surface area contributed by atoms with Crippen LogP contribution in [0.1, 0.15) is 11.1 Å². The molecule has 0 aliphatic heterocycles. The predicted molar refractivity (Wildman–Crippen MR) is 128 cm³/mol. The average molecular weight is 451 g/mol. The van der Waals surface area contributed by atoms with E-state index in [2.05, 4.69) is 10.6 Å². The van der Waals surface area contributed by atoms with E-state index in [0.717, 1.165) is 29.0 Å². The van der Waals surface area contributed by atoms with Gasteiger partial charge >= 0.3 is 0 Å². The number of carbonyl (C=O) groups excluding carboxylic acids is 1. The van der Waals surface area contributed by atoms with Crippen LogP contribution in [0.2, 0.25) is 0 Å². The minimum absolute atomic E-state index is 0.0822. The number of hydrogen-bond donors (Lipinski definition) is 4. The number of phenolic OH excluding ortho intramolecular Hbond substituents is 1. The number of amides is 1. The maximum Gasteiger partial charge on any atom is 0.228 e. The first-order chi connectivity index (χ1) is 16.0. The van der Waals surface area contributed by atoms with Crippen LogP contribution >= 0.6 is 0 Å². The number of benzene rings is 3. The summed E-state index contributed by atoms with van der Waals surface area (Å²) in [5.41, 5.74) is 2.77. The zero-order chi connectivity index (χ0) is 23.5. The fourth-order valence-electron chi connectivity index (χ4n) is 3.22. The number of carbonyl (C=O) groups is 1. The molecule has 0 unspecified atom stereocenters. The minimum atomic E-state index is -0.638. The third-order valence-corrected chi connectivity index (χ3v) is 4.99. The largest absolute Gasteiger partial charge is 0.508 e. The molecule has 0 aliphatic rings. The van der Waals surface area contributed by atoms with E-state index in [0.29, 0.717) is 18.8 Å². The second kappa shape index (κ2) is 12.5. The van der Waals surface area contributed by atoms with Crippen molar-refractivity contribution in [3.63, 3.8) is 0 Å². The van der Waals surface area contributed by atoms with Gasteiger partial charge in [-0.3, -0.25) is 4.79 Å². The van der Waals surface area contributed by atoms with E-state index in [1.165, 1.54) is 12.1 Å². The second-order valence-electron chi connectivity index (χ2n) is 7.69. The maximum atomic E-state index is 12.3. The van der Waals surface area contributed by atoms with E-state index in [1.807, 2.05) is 48.5 Å². The van der Waals surface area contributed by atoms with Gasteiger partial charge in [0.2, 0.25) is 5.91 Å². The fourth-order valence-corrected chi connectivity index (χ4v) is 3.22. The van der Waals surface area contributed by atoms with Gasteiger partial charge in [0.1, 0.15) is 30.0 Å². The zero-order valence-corrected chi connectivity index (χ0v) is 18.7. The van der Waals surface area contributed by atoms with Crippen molar-refractivity contribution in [1.82, 2.24) is 5.32 Å². The molecule has 0 saturated carbocycles. The van der Waals surface area contributed by atoms with Crippen LogP contribution in [0.4, 0.5) is 5.69 Å². The molecule has 0 heterocycles. The summed E-state index contributed by atoms with van der Waals surface area (Å²) in [7, 11) is 1.60. The summed E-state index contributed by atoms with van der Waals surface area (Å²) in [6.07, 6.45) is 0.437. The Morgan fingerprint density at radius 1 is 0.970 bits per heavy atom. The lowest BCUT2D eigenvalue weighted by molar-refractivity contribution is -0.115. The maximum absolute atomic E-state index is 12.3. The Morgan fingerprint density at radius 3 is 2.45 bits per heavy atom. The summed E-state index contributed by atoms with van der Waals surface area (Å²) in [5, 5.41) is 25.4. The Kier molecular flexibility index (Phi) is 9.11. The SMILES string of the molecule is COc1cccc(CC(=O)Nc2ccc(CCNC[C@H](O)COc3ccc(O)cc3)cc2)c1. The van der Waals surface area contributed by atoms with Gasteiger partial charge in [0, 0.05) is 12.2 Å². The molecule has 0 aliphatic carbocycles. The molecule has 0 spiro atoms. The normalized spacial score (nSPS) is 11.6. The molecule has 3 rings (SSSR count). The highest BCUT2D eigenvalue weighted by atomic mass is 16.5. The number of aromatic hydroxyl groups is 1. The molecule has 174 valence electrons. The molecule has 3 aromatic carbocycles. The molecule has 0 aromatic heterocycles. The molecule has 0 bridgehead atoms. The van der Waals surface area contributed by atoms with E-state index in [9.17, 15) is 15.0 Å². The lowest BCUT2D eigenvalue weighted by Crippen LogP contribution is -2.32. The van der Waals surface area contributed by atoms with Gasteiger partial charge in [0.25, 0.3) is 0 Å². The van der Waals surface area contributed by atoms with Crippen LogP contribution in [0.5, 0.6) is 17.2 Å². The minimum Gasteiger partial charge on any atom is -0.508 e. The third kappa shape index (κ3) is 8.48. The number of anilines is 1. The number of rotatable bonds is 12. The first kappa shape index (κ1) is 24.1. The first-order valence-electron chi connectivity index (χ1n) is 10.8. The molecule has 0 saturated heterocycles. The van der Waals surface area contributed by atoms with Gasteiger partial charge in [-0.05, 0) is 72.6 Å². The molecule has 1 atom stereocenters. The number of aliphatic hydroxyl groups is 1. The van der Waals surface area contributed by atoms with Crippen molar-refractivity contribution in [3.05, 3.63) is 83.9 Å². The molecule has 4 N–H and O–H groups in total. The third-order valence-electron chi connectivity index (χ3n) is 4.99. The average Bonchev–Trinajstić information content (AvgIpc) is 2.82. The van der Waals surface area contributed by atoms with E-state index >= 15 is 0 Å². The summed E-state index contributed by atoms with van der Waals surface area (Å²) in [5.74, 6) is 1.42. The van der Waals surface area contributed by atoms with E-state index in [1.54, 1.807) is 19.2 Å². The molecule has 33 heavy (non-hydrogen) atoms. The van der Waals surface area contributed by atoms with E-state index in [4.69, 9.17) is 9.47 Å². The lowest BCUT2D eigenvalue weighted by atomic mass is 10.1. The highest BCUT2D eigenvalue weighted by Crippen LogP contribution is 2.16.